The molecule has 1 aliphatic rings. The monoisotopic (exact) mass is 503 g/mol. The van der Waals surface area contributed by atoms with Crippen LogP contribution in [0.25, 0.3) is 6.08 Å². The summed E-state index contributed by atoms with van der Waals surface area (Å²) >= 11 is 10.7. The molecule has 0 bridgehead atoms. The number of furan rings is 1. The summed E-state index contributed by atoms with van der Waals surface area (Å²) in [6, 6.07) is 11.0. The van der Waals surface area contributed by atoms with Gasteiger partial charge in [-0.2, -0.15) is 0 Å². The van der Waals surface area contributed by atoms with E-state index < -0.39 is 17.8 Å². The number of hydrogen-bond donors (Lipinski definition) is 1. The second-order valence-corrected chi connectivity index (χ2v) is 8.34. The number of benzene rings is 1. The Bertz CT molecular complexity index is 1180. The Morgan fingerprint density at radius 2 is 1.80 bits per heavy atom. The highest BCUT2D eigenvalue weighted by atomic mass is 79.9. The fourth-order valence-corrected chi connectivity index (χ4v) is 4.10. The summed E-state index contributed by atoms with van der Waals surface area (Å²) in [5, 5.41) is 3.32. The SMILES string of the molecule is O=C1NC(=O)N(c2ccncc2)C(=O)/C1=C/c1cc(Br)c(Sc2ccc(Cl)cc2)o1. The Labute approximate surface area is 188 Å². The number of urea groups is 1. The predicted molar refractivity (Wildman–Crippen MR) is 115 cm³/mol. The smallest absolute Gasteiger partial charge is 0.335 e. The van der Waals surface area contributed by atoms with Crippen molar-refractivity contribution in [3.05, 3.63) is 75.7 Å². The van der Waals surface area contributed by atoms with E-state index in [0.717, 1.165) is 9.80 Å². The number of amides is 4. The molecule has 0 atom stereocenters. The van der Waals surface area contributed by atoms with E-state index in [-0.39, 0.29) is 11.3 Å². The molecule has 10 heteroatoms. The van der Waals surface area contributed by atoms with Gasteiger partial charge in [-0.3, -0.25) is 19.9 Å². The van der Waals surface area contributed by atoms with Gasteiger partial charge in [-0.25, -0.2) is 9.69 Å². The first-order valence-electron chi connectivity index (χ1n) is 8.46. The van der Waals surface area contributed by atoms with Crippen molar-refractivity contribution in [3.63, 3.8) is 0 Å². The minimum absolute atomic E-state index is 0.226. The molecule has 3 heterocycles. The minimum Gasteiger partial charge on any atom is -0.449 e. The average Bonchev–Trinajstić information content (AvgIpc) is 3.06. The third kappa shape index (κ3) is 4.18. The van der Waals surface area contributed by atoms with Crippen LogP contribution in [-0.4, -0.2) is 22.8 Å². The Balaban J connectivity index is 1.63. The molecular formula is C20H11BrClN3O4S. The van der Waals surface area contributed by atoms with Crippen LogP contribution < -0.4 is 10.2 Å². The van der Waals surface area contributed by atoms with Gasteiger partial charge < -0.3 is 4.42 Å². The summed E-state index contributed by atoms with van der Waals surface area (Å²) in [5.74, 6) is -1.27. The summed E-state index contributed by atoms with van der Waals surface area (Å²) in [7, 11) is 0. The number of carbonyl (C=O) groups excluding carboxylic acids is 3. The molecule has 150 valence electrons. The number of barbiturate groups is 1. The number of pyridine rings is 1. The van der Waals surface area contributed by atoms with Crippen LogP contribution >= 0.6 is 39.3 Å². The number of nitrogens with one attached hydrogen (secondary N) is 1. The Morgan fingerprint density at radius 3 is 2.50 bits per heavy atom. The number of nitrogens with zero attached hydrogens (tertiary/aromatic N) is 2. The molecule has 1 aromatic carbocycles. The van der Waals surface area contributed by atoms with Crippen LogP contribution in [0.5, 0.6) is 0 Å². The Kier molecular flexibility index (Phi) is 5.76. The quantitative estimate of drug-likeness (QED) is 0.401. The van der Waals surface area contributed by atoms with Gasteiger partial charge in [0.25, 0.3) is 11.8 Å². The average molecular weight is 505 g/mol. The molecule has 0 aliphatic carbocycles. The van der Waals surface area contributed by atoms with Gasteiger partial charge in [0.2, 0.25) is 0 Å². The molecule has 1 N–H and O–H groups in total. The summed E-state index contributed by atoms with van der Waals surface area (Å²) in [4.78, 5) is 42.9. The summed E-state index contributed by atoms with van der Waals surface area (Å²) in [6.07, 6.45) is 4.19. The highest BCUT2D eigenvalue weighted by molar-refractivity contribution is 9.10. The predicted octanol–water partition coefficient (Wildman–Crippen LogP) is 4.91. The van der Waals surface area contributed by atoms with Crippen molar-refractivity contribution in [2.24, 2.45) is 0 Å². The number of aromatic nitrogens is 1. The largest absolute Gasteiger partial charge is 0.449 e. The minimum atomic E-state index is -0.826. The van der Waals surface area contributed by atoms with E-state index in [1.54, 1.807) is 18.2 Å². The van der Waals surface area contributed by atoms with E-state index >= 15 is 0 Å². The Hall–Kier alpha value is -2.88. The molecule has 4 rings (SSSR count). The first kappa shape index (κ1) is 20.4. The van der Waals surface area contributed by atoms with Crippen molar-refractivity contribution in [2.45, 2.75) is 9.99 Å². The molecule has 0 saturated carbocycles. The number of hydrogen-bond acceptors (Lipinski definition) is 6. The van der Waals surface area contributed by atoms with E-state index in [4.69, 9.17) is 16.0 Å². The molecule has 0 spiro atoms. The lowest BCUT2D eigenvalue weighted by molar-refractivity contribution is -0.122. The van der Waals surface area contributed by atoms with Gasteiger partial charge in [0, 0.05) is 22.3 Å². The standard InChI is InChI=1S/C20H11BrClN3O4S/c21-16-10-13(29-19(16)30-14-3-1-11(22)2-4-14)9-15-17(26)24-20(28)25(18(15)27)12-5-7-23-8-6-12/h1-10H,(H,24,26,28)/b15-9+. The number of halogens is 2. The van der Waals surface area contributed by atoms with Crippen molar-refractivity contribution < 1.29 is 18.8 Å². The van der Waals surface area contributed by atoms with Gasteiger partial charge in [0.05, 0.1) is 10.2 Å². The lowest BCUT2D eigenvalue weighted by Crippen LogP contribution is -2.54. The zero-order chi connectivity index (χ0) is 21.3. The Morgan fingerprint density at radius 1 is 1.10 bits per heavy atom. The number of imide groups is 2. The van der Waals surface area contributed by atoms with Gasteiger partial charge in [-0.15, -0.1) is 0 Å². The van der Waals surface area contributed by atoms with E-state index in [1.165, 1.54) is 42.4 Å². The first-order valence-corrected chi connectivity index (χ1v) is 10.5. The normalized spacial score (nSPS) is 15.6. The number of anilines is 1. The van der Waals surface area contributed by atoms with Crippen molar-refractivity contribution in [3.8, 4) is 0 Å². The molecule has 7 nitrogen and oxygen atoms in total. The second-order valence-electron chi connectivity index (χ2n) is 6.00. The molecule has 1 aliphatic heterocycles. The van der Waals surface area contributed by atoms with Gasteiger partial charge >= 0.3 is 6.03 Å². The first-order chi connectivity index (χ1) is 14.4. The summed E-state index contributed by atoms with van der Waals surface area (Å²) in [5.41, 5.74) is 0.0706. The van der Waals surface area contributed by atoms with E-state index in [1.807, 2.05) is 12.1 Å². The lowest BCUT2D eigenvalue weighted by Gasteiger charge is -2.25. The van der Waals surface area contributed by atoms with E-state index in [0.29, 0.717) is 20.3 Å². The maximum Gasteiger partial charge on any atom is 0.335 e. The fourth-order valence-electron chi connectivity index (χ4n) is 2.65. The molecule has 1 saturated heterocycles. The fraction of sp³-hybridized carbons (Fsp3) is 0. The van der Waals surface area contributed by atoms with Gasteiger partial charge in [-0.05, 0) is 64.5 Å². The van der Waals surface area contributed by atoms with E-state index in [2.05, 4.69) is 26.2 Å². The summed E-state index contributed by atoms with van der Waals surface area (Å²) in [6.45, 7) is 0. The maximum absolute atomic E-state index is 12.9. The van der Waals surface area contributed by atoms with Gasteiger partial charge in [0.15, 0.2) is 5.09 Å². The topological polar surface area (TPSA) is 92.5 Å². The van der Waals surface area contributed by atoms with Crippen molar-refractivity contribution >= 4 is 68.9 Å². The van der Waals surface area contributed by atoms with Crippen LogP contribution in [0.1, 0.15) is 5.76 Å². The number of carbonyl (C=O) groups is 3. The maximum atomic E-state index is 12.9. The molecule has 1 fully saturated rings. The number of rotatable bonds is 4. The second kappa shape index (κ2) is 8.47. The molecule has 0 unspecified atom stereocenters. The molecular weight excluding hydrogens is 494 g/mol. The molecule has 3 aromatic rings. The van der Waals surface area contributed by atoms with Crippen LogP contribution in [0, 0.1) is 0 Å². The lowest BCUT2D eigenvalue weighted by atomic mass is 10.1. The van der Waals surface area contributed by atoms with Crippen LogP contribution in [0.4, 0.5) is 10.5 Å². The van der Waals surface area contributed by atoms with Crippen molar-refractivity contribution in [1.82, 2.24) is 10.3 Å². The molecule has 0 radical (unpaired) electrons. The van der Waals surface area contributed by atoms with Gasteiger partial charge in [-0.1, -0.05) is 23.4 Å². The highest BCUT2D eigenvalue weighted by Crippen LogP contribution is 2.37. The third-order valence-corrected chi connectivity index (χ3v) is 6.11. The van der Waals surface area contributed by atoms with Gasteiger partial charge in [0.1, 0.15) is 11.3 Å². The zero-order valence-corrected chi connectivity index (χ0v) is 18.1. The van der Waals surface area contributed by atoms with Crippen LogP contribution in [0.2, 0.25) is 5.02 Å². The molecule has 4 amide bonds. The van der Waals surface area contributed by atoms with E-state index in [9.17, 15) is 14.4 Å². The summed E-state index contributed by atoms with van der Waals surface area (Å²) < 4.78 is 6.43. The van der Waals surface area contributed by atoms with Crippen molar-refractivity contribution in [1.29, 1.82) is 0 Å². The van der Waals surface area contributed by atoms with Crippen LogP contribution in [0.15, 0.2) is 79.3 Å². The third-order valence-electron chi connectivity index (χ3n) is 4.01. The van der Waals surface area contributed by atoms with Crippen molar-refractivity contribution in [2.75, 3.05) is 4.90 Å². The molecule has 2 aromatic heterocycles. The molecule has 30 heavy (non-hydrogen) atoms. The highest BCUT2D eigenvalue weighted by Gasteiger charge is 2.37. The van der Waals surface area contributed by atoms with Crippen LogP contribution in [0.3, 0.4) is 0 Å². The zero-order valence-electron chi connectivity index (χ0n) is 15.0. The van der Waals surface area contributed by atoms with Crippen LogP contribution in [-0.2, 0) is 9.59 Å².